The Balaban J connectivity index is 1.84. The SMILES string of the molecule is Cc1[nH]c2ccc(Cl)cc2c1C(=O)NC1CCNC(=O)CC1. The van der Waals surface area contributed by atoms with Crippen LogP contribution in [0.25, 0.3) is 10.9 Å². The van der Waals surface area contributed by atoms with Crippen molar-refractivity contribution in [2.45, 2.75) is 32.2 Å². The number of carbonyl (C=O) groups is 2. The van der Waals surface area contributed by atoms with E-state index in [-0.39, 0.29) is 17.9 Å². The van der Waals surface area contributed by atoms with E-state index in [0.717, 1.165) is 23.0 Å². The summed E-state index contributed by atoms with van der Waals surface area (Å²) < 4.78 is 0. The predicted molar refractivity (Wildman–Crippen MR) is 86.2 cm³/mol. The van der Waals surface area contributed by atoms with E-state index in [1.54, 1.807) is 12.1 Å². The van der Waals surface area contributed by atoms with Crippen LogP contribution in [0.3, 0.4) is 0 Å². The number of H-pyrrole nitrogens is 1. The van der Waals surface area contributed by atoms with Gasteiger partial charge in [-0.2, -0.15) is 0 Å². The van der Waals surface area contributed by atoms with Crippen LogP contribution in [0.5, 0.6) is 0 Å². The lowest BCUT2D eigenvalue weighted by Gasteiger charge is -2.15. The van der Waals surface area contributed by atoms with Gasteiger partial charge in [0.2, 0.25) is 5.91 Å². The lowest BCUT2D eigenvalue weighted by molar-refractivity contribution is -0.120. The van der Waals surface area contributed by atoms with E-state index in [1.807, 2.05) is 13.0 Å². The smallest absolute Gasteiger partial charge is 0.253 e. The van der Waals surface area contributed by atoms with Gasteiger partial charge in [-0.15, -0.1) is 0 Å². The van der Waals surface area contributed by atoms with E-state index < -0.39 is 0 Å². The van der Waals surface area contributed by atoms with Crippen LogP contribution in [0.2, 0.25) is 5.02 Å². The fraction of sp³-hybridized carbons (Fsp3) is 0.375. The van der Waals surface area contributed by atoms with Crippen LogP contribution in [0.15, 0.2) is 18.2 Å². The average molecular weight is 320 g/mol. The molecule has 1 aliphatic rings. The van der Waals surface area contributed by atoms with E-state index in [1.165, 1.54) is 0 Å². The van der Waals surface area contributed by atoms with E-state index in [4.69, 9.17) is 11.6 Å². The summed E-state index contributed by atoms with van der Waals surface area (Å²) in [5, 5.41) is 7.28. The Hall–Kier alpha value is -2.01. The third-order valence-electron chi connectivity index (χ3n) is 4.05. The van der Waals surface area contributed by atoms with Gasteiger partial charge in [-0.25, -0.2) is 0 Å². The summed E-state index contributed by atoms with van der Waals surface area (Å²) in [5.74, 6) is -0.0721. The van der Waals surface area contributed by atoms with E-state index in [0.29, 0.717) is 30.0 Å². The number of halogens is 1. The van der Waals surface area contributed by atoms with Crippen molar-refractivity contribution in [2.24, 2.45) is 0 Å². The van der Waals surface area contributed by atoms with Crippen molar-refractivity contribution in [3.8, 4) is 0 Å². The number of carbonyl (C=O) groups excluding carboxylic acids is 2. The molecule has 116 valence electrons. The van der Waals surface area contributed by atoms with Crippen molar-refractivity contribution in [1.29, 1.82) is 0 Å². The molecule has 22 heavy (non-hydrogen) atoms. The van der Waals surface area contributed by atoms with Gasteiger partial charge < -0.3 is 15.6 Å². The number of aryl methyl sites for hydroxylation is 1. The second-order valence-corrected chi connectivity index (χ2v) is 6.10. The topological polar surface area (TPSA) is 74.0 Å². The molecule has 2 heterocycles. The molecule has 6 heteroatoms. The number of rotatable bonds is 2. The minimum Gasteiger partial charge on any atom is -0.358 e. The lowest BCUT2D eigenvalue weighted by Crippen LogP contribution is -2.35. The average Bonchev–Trinajstić information content (AvgIpc) is 2.65. The van der Waals surface area contributed by atoms with Gasteiger partial charge in [0.15, 0.2) is 0 Å². The Kier molecular flexibility index (Phi) is 4.07. The van der Waals surface area contributed by atoms with Crippen LogP contribution >= 0.6 is 11.6 Å². The Morgan fingerprint density at radius 3 is 3.00 bits per heavy atom. The fourth-order valence-corrected chi connectivity index (χ4v) is 3.09. The first-order valence-corrected chi connectivity index (χ1v) is 7.78. The van der Waals surface area contributed by atoms with Crippen molar-refractivity contribution in [1.82, 2.24) is 15.6 Å². The molecule has 1 atom stereocenters. The van der Waals surface area contributed by atoms with Crippen molar-refractivity contribution in [2.75, 3.05) is 6.54 Å². The largest absolute Gasteiger partial charge is 0.358 e. The minimum absolute atomic E-state index is 0.00924. The molecule has 1 fully saturated rings. The summed E-state index contributed by atoms with van der Waals surface area (Å²) >= 11 is 6.04. The highest BCUT2D eigenvalue weighted by Gasteiger charge is 2.21. The van der Waals surface area contributed by atoms with Gasteiger partial charge in [-0.05, 0) is 38.0 Å². The van der Waals surface area contributed by atoms with Gasteiger partial charge in [0.25, 0.3) is 5.91 Å². The van der Waals surface area contributed by atoms with Crippen molar-refractivity contribution >= 4 is 34.3 Å². The van der Waals surface area contributed by atoms with Crippen LogP contribution in [0, 0.1) is 6.92 Å². The van der Waals surface area contributed by atoms with E-state index in [9.17, 15) is 9.59 Å². The highest BCUT2D eigenvalue weighted by Crippen LogP contribution is 2.25. The number of nitrogens with one attached hydrogen (secondary N) is 3. The summed E-state index contributed by atoms with van der Waals surface area (Å²) in [7, 11) is 0. The molecule has 1 aliphatic heterocycles. The van der Waals surface area contributed by atoms with Crippen molar-refractivity contribution in [3.63, 3.8) is 0 Å². The zero-order chi connectivity index (χ0) is 15.7. The second kappa shape index (κ2) is 6.01. The van der Waals surface area contributed by atoms with Crippen LogP contribution < -0.4 is 10.6 Å². The van der Waals surface area contributed by atoms with Gasteiger partial charge in [-0.1, -0.05) is 11.6 Å². The van der Waals surface area contributed by atoms with Gasteiger partial charge in [0.1, 0.15) is 0 Å². The molecule has 1 saturated heterocycles. The highest BCUT2D eigenvalue weighted by atomic mass is 35.5. The second-order valence-electron chi connectivity index (χ2n) is 5.66. The summed E-state index contributed by atoms with van der Waals surface area (Å²) in [4.78, 5) is 27.2. The summed E-state index contributed by atoms with van der Waals surface area (Å²) in [6.45, 7) is 2.48. The molecule has 0 spiro atoms. The van der Waals surface area contributed by atoms with Crippen LogP contribution in [0.4, 0.5) is 0 Å². The number of fused-ring (bicyclic) bond motifs is 1. The molecule has 0 bridgehead atoms. The van der Waals surface area contributed by atoms with E-state index in [2.05, 4.69) is 15.6 Å². The first-order chi connectivity index (χ1) is 10.5. The van der Waals surface area contributed by atoms with E-state index >= 15 is 0 Å². The number of amides is 2. The third-order valence-corrected chi connectivity index (χ3v) is 4.28. The van der Waals surface area contributed by atoms with Gasteiger partial charge in [0.05, 0.1) is 5.56 Å². The van der Waals surface area contributed by atoms with Crippen LogP contribution in [-0.4, -0.2) is 29.4 Å². The minimum atomic E-state index is -0.120. The normalized spacial score (nSPS) is 18.8. The van der Waals surface area contributed by atoms with Crippen molar-refractivity contribution in [3.05, 3.63) is 34.5 Å². The zero-order valence-corrected chi connectivity index (χ0v) is 13.1. The monoisotopic (exact) mass is 319 g/mol. The molecule has 1 unspecified atom stereocenters. The third kappa shape index (κ3) is 2.95. The van der Waals surface area contributed by atoms with Crippen LogP contribution in [-0.2, 0) is 4.79 Å². The molecule has 2 amide bonds. The molecular formula is C16H18ClN3O2. The molecule has 5 nitrogen and oxygen atoms in total. The van der Waals surface area contributed by atoms with Gasteiger partial charge in [-0.3, -0.25) is 9.59 Å². The highest BCUT2D eigenvalue weighted by molar-refractivity contribution is 6.31. The molecule has 3 N–H and O–H groups in total. The first-order valence-electron chi connectivity index (χ1n) is 7.40. The Morgan fingerprint density at radius 1 is 1.36 bits per heavy atom. The fourth-order valence-electron chi connectivity index (χ4n) is 2.92. The molecular weight excluding hydrogens is 302 g/mol. The van der Waals surface area contributed by atoms with Gasteiger partial charge >= 0.3 is 0 Å². The standard InChI is InChI=1S/C16H18ClN3O2/c1-9-15(12-8-10(17)2-4-13(12)19-9)16(22)20-11-3-5-14(21)18-7-6-11/h2,4,8,11,19H,3,5-7H2,1H3,(H,18,21)(H,20,22). The Morgan fingerprint density at radius 2 is 2.18 bits per heavy atom. The summed E-state index contributed by atoms with van der Waals surface area (Å²) in [6, 6.07) is 5.47. The Bertz CT molecular complexity index is 738. The number of benzene rings is 1. The zero-order valence-electron chi connectivity index (χ0n) is 12.3. The molecule has 2 aromatic rings. The van der Waals surface area contributed by atoms with Gasteiger partial charge in [0, 0.05) is 40.6 Å². The molecule has 1 aromatic heterocycles. The maximum Gasteiger partial charge on any atom is 0.253 e. The molecule has 3 rings (SSSR count). The van der Waals surface area contributed by atoms with Crippen LogP contribution in [0.1, 0.15) is 35.3 Å². The van der Waals surface area contributed by atoms with Crippen molar-refractivity contribution < 1.29 is 9.59 Å². The predicted octanol–water partition coefficient (Wildman–Crippen LogP) is 2.53. The maximum atomic E-state index is 12.6. The molecule has 0 aliphatic carbocycles. The number of aromatic amines is 1. The molecule has 0 radical (unpaired) electrons. The summed E-state index contributed by atoms with van der Waals surface area (Å²) in [5.41, 5.74) is 2.34. The number of hydrogen-bond acceptors (Lipinski definition) is 2. The quantitative estimate of drug-likeness (QED) is 0.795. The summed E-state index contributed by atoms with van der Waals surface area (Å²) in [6.07, 6.45) is 1.86. The lowest BCUT2D eigenvalue weighted by atomic mass is 10.1. The number of aromatic nitrogens is 1. The Labute approximate surface area is 133 Å². The molecule has 1 aromatic carbocycles. The molecule has 0 saturated carbocycles. The maximum absolute atomic E-state index is 12.6. The number of hydrogen-bond donors (Lipinski definition) is 3. The first kappa shape index (κ1) is 14.9.